The molecular formula is C20H27FN6O. The van der Waals surface area contributed by atoms with Gasteiger partial charge in [0.05, 0.1) is 31.1 Å². The number of rotatable bonds is 4. The predicted octanol–water partition coefficient (Wildman–Crippen LogP) is 3.20. The molecule has 7 nitrogen and oxygen atoms in total. The van der Waals surface area contributed by atoms with E-state index in [2.05, 4.69) is 37.3 Å². The maximum Gasteiger partial charge on any atom is 0.139 e. The Morgan fingerprint density at radius 2 is 2.25 bits per heavy atom. The largest absolute Gasteiger partial charge is 0.384 e. The van der Waals surface area contributed by atoms with E-state index in [0.29, 0.717) is 12.6 Å². The summed E-state index contributed by atoms with van der Waals surface area (Å²) in [5.41, 5.74) is 4.09. The van der Waals surface area contributed by atoms with E-state index in [0.717, 1.165) is 67.0 Å². The van der Waals surface area contributed by atoms with Gasteiger partial charge >= 0.3 is 0 Å². The fourth-order valence-electron chi connectivity index (χ4n) is 3.71. The molecule has 0 bridgehead atoms. The van der Waals surface area contributed by atoms with E-state index in [1.54, 1.807) is 6.20 Å². The highest BCUT2D eigenvalue weighted by atomic mass is 19.1. The van der Waals surface area contributed by atoms with Gasteiger partial charge in [-0.1, -0.05) is 0 Å². The molecule has 3 aromatic heterocycles. The monoisotopic (exact) mass is 386 g/mol. The molecule has 0 amide bonds. The summed E-state index contributed by atoms with van der Waals surface area (Å²) in [6.45, 7) is 6.27. The van der Waals surface area contributed by atoms with Crippen molar-refractivity contribution >= 4 is 16.7 Å². The lowest BCUT2D eigenvalue weighted by Crippen LogP contribution is -2.52. The maximum atomic E-state index is 12.9. The van der Waals surface area contributed by atoms with Crippen LogP contribution in [0.1, 0.15) is 19.8 Å². The zero-order valence-corrected chi connectivity index (χ0v) is 16.1. The quantitative estimate of drug-likeness (QED) is 0.641. The van der Waals surface area contributed by atoms with Crippen molar-refractivity contribution < 1.29 is 9.13 Å². The van der Waals surface area contributed by atoms with Gasteiger partial charge < -0.3 is 15.0 Å². The first kappa shape index (κ1) is 18.9. The molecule has 2 fully saturated rings. The van der Waals surface area contributed by atoms with Gasteiger partial charge in [0.25, 0.3) is 0 Å². The van der Waals surface area contributed by atoms with E-state index in [1.807, 2.05) is 24.7 Å². The molecule has 2 aliphatic heterocycles. The van der Waals surface area contributed by atoms with Crippen molar-refractivity contribution in [2.24, 2.45) is 0 Å². The minimum Gasteiger partial charge on any atom is -0.384 e. The van der Waals surface area contributed by atoms with Crippen LogP contribution in [0.5, 0.6) is 0 Å². The van der Waals surface area contributed by atoms with Crippen molar-refractivity contribution in [3.05, 3.63) is 30.9 Å². The summed E-state index contributed by atoms with van der Waals surface area (Å²) >= 11 is 0. The van der Waals surface area contributed by atoms with E-state index < -0.39 is 6.17 Å². The van der Waals surface area contributed by atoms with Gasteiger partial charge in [0.15, 0.2) is 0 Å². The Balaban J connectivity index is 0.000000151. The number of fused-ring (bicyclic) bond motifs is 1. The number of H-pyrrole nitrogens is 2. The van der Waals surface area contributed by atoms with Crippen molar-refractivity contribution in [1.82, 2.24) is 25.1 Å². The average Bonchev–Trinajstić information content (AvgIpc) is 3.33. The van der Waals surface area contributed by atoms with E-state index in [1.165, 1.54) is 0 Å². The summed E-state index contributed by atoms with van der Waals surface area (Å²) in [4.78, 5) is 9.74. The van der Waals surface area contributed by atoms with Crippen LogP contribution in [0.2, 0.25) is 0 Å². The number of hydrogen-bond acceptors (Lipinski definition) is 5. The summed E-state index contributed by atoms with van der Waals surface area (Å²) in [7, 11) is 0. The number of halogens is 1. The number of aromatic nitrogens is 4. The highest BCUT2D eigenvalue weighted by molar-refractivity contribution is 5.97. The SMILES string of the molecule is CCNc1c(-c2cn[nH]c2)cnc2[nH]ccc12.FC1CCCN(C2COC2)C1. The summed E-state index contributed by atoms with van der Waals surface area (Å²) in [6, 6.07) is 2.55. The molecule has 0 aromatic carbocycles. The standard InChI is InChI=1S/C12H13N5.C8H14FNO/c1-2-13-11-9-3-4-14-12(9)15-7-10(11)8-5-16-17-6-8;9-7-2-1-3-10(4-7)8-5-11-6-8/h3-7H,2H2,1H3,(H,16,17)(H2,13,14,15);7-8H,1-6H2. The molecule has 0 spiro atoms. The van der Waals surface area contributed by atoms with Crippen LogP contribution in [0.25, 0.3) is 22.2 Å². The summed E-state index contributed by atoms with van der Waals surface area (Å²) < 4.78 is 17.9. The summed E-state index contributed by atoms with van der Waals surface area (Å²) in [6.07, 6.45) is 8.61. The summed E-state index contributed by atoms with van der Waals surface area (Å²) in [5.74, 6) is 0. The van der Waals surface area contributed by atoms with E-state index in [-0.39, 0.29) is 0 Å². The predicted molar refractivity (Wildman–Crippen MR) is 108 cm³/mol. The van der Waals surface area contributed by atoms with Crippen molar-refractivity contribution in [2.45, 2.75) is 32.0 Å². The Labute approximate surface area is 163 Å². The van der Waals surface area contributed by atoms with E-state index >= 15 is 0 Å². The number of aromatic amines is 2. The third kappa shape index (κ3) is 4.02. The molecule has 3 N–H and O–H groups in total. The van der Waals surface area contributed by atoms with Crippen LogP contribution in [0, 0.1) is 0 Å². The van der Waals surface area contributed by atoms with Gasteiger partial charge in [0, 0.05) is 48.2 Å². The van der Waals surface area contributed by atoms with Crippen LogP contribution < -0.4 is 5.32 Å². The van der Waals surface area contributed by atoms with Gasteiger partial charge in [-0.3, -0.25) is 10.00 Å². The highest BCUT2D eigenvalue weighted by Crippen LogP contribution is 2.32. The zero-order chi connectivity index (χ0) is 19.3. The molecule has 0 radical (unpaired) electrons. The second-order valence-corrected chi connectivity index (χ2v) is 7.23. The first-order chi connectivity index (χ1) is 13.8. The van der Waals surface area contributed by atoms with Gasteiger partial charge in [-0.25, -0.2) is 9.37 Å². The Bertz CT molecular complexity index is 876. The van der Waals surface area contributed by atoms with Gasteiger partial charge in [-0.05, 0) is 32.4 Å². The first-order valence-corrected chi connectivity index (χ1v) is 9.91. The second-order valence-electron chi connectivity index (χ2n) is 7.23. The molecule has 150 valence electrons. The number of ether oxygens (including phenoxy) is 1. The second kappa shape index (κ2) is 8.70. The minimum absolute atomic E-state index is 0.522. The van der Waals surface area contributed by atoms with Gasteiger partial charge in [-0.2, -0.15) is 5.10 Å². The topological polar surface area (TPSA) is 81.9 Å². The van der Waals surface area contributed by atoms with Crippen LogP contribution in [0.3, 0.4) is 0 Å². The highest BCUT2D eigenvalue weighted by Gasteiger charge is 2.30. The first-order valence-electron chi connectivity index (χ1n) is 9.91. The lowest BCUT2D eigenvalue weighted by atomic mass is 10.1. The fourth-order valence-corrected chi connectivity index (χ4v) is 3.71. The number of piperidine rings is 1. The number of alkyl halides is 1. The normalized spacial score (nSPS) is 20.4. The zero-order valence-electron chi connectivity index (χ0n) is 16.1. The number of anilines is 1. The van der Waals surface area contributed by atoms with Gasteiger partial charge in [0.2, 0.25) is 0 Å². The van der Waals surface area contributed by atoms with Crippen molar-refractivity contribution in [3.8, 4) is 11.1 Å². The molecule has 1 atom stereocenters. The summed E-state index contributed by atoms with van der Waals surface area (Å²) in [5, 5.41) is 11.3. The molecule has 1 unspecified atom stereocenters. The number of nitrogens with one attached hydrogen (secondary N) is 3. The number of nitrogens with zero attached hydrogens (tertiary/aromatic N) is 3. The van der Waals surface area contributed by atoms with Crippen LogP contribution in [-0.4, -0.2) is 70.1 Å². The number of likely N-dealkylation sites (tertiary alicyclic amines) is 1. The third-order valence-corrected chi connectivity index (χ3v) is 5.28. The lowest BCUT2D eigenvalue weighted by molar-refractivity contribution is -0.0780. The van der Waals surface area contributed by atoms with E-state index in [9.17, 15) is 4.39 Å². The van der Waals surface area contributed by atoms with Gasteiger partial charge in [0.1, 0.15) is 11.8 Å². The number of hydrogen-bond donors (Lipinski definition) is 3. The van der Waals surface area contributed by atoms with Crippen molar-refractivity contribution in [2.75, 3.05) is 38.2 Å². The smallest absolute Gasteiger partial charge is 0.139 e. The average molecular weight is 386 g/mol. The minimum atomic E-state index is -0.593. The molecule has 2 saturated heterocycles. The Hall–Kier alpha value is -2.45. The third-order valence-electron chi connectivity index (χ3n) is 5.28. The van der Waals surface area contributed by atoms with Crippen molar-refractivity contribution in [1.29, 1.82) is 0 Å². The Morgan fingerprint density at radius 1 is 1.36 bits per heavy atom. The maximum absolute atomic E-state index is 12.9. The van der Waals surface area contributed by atoms with E-state index in [4.69, 9.17) is 4.74 Å². The van der Waals surface area contributed by atoms with Crippen LogP contribution >= 0.6 is 0 Å². The van der Waals surface area contributed by atoms with Crippen LogP contribution in [0.15, 0.2) is 30.9 Å². The Morgan fingerprint density at radius 3 is 2.93 bits per heavy atom. The molecule has 0 saturated carbocycles. The molecule has 5 rings (SSSR count). The lowest BCUT2D eigenvalue weighted by Gasteiger charge is -2.40. The molecule has 8 heteroatoms. The molecule has 2 aliphatic rings. The molecule has 0 aliphatic carbocycles. The molecule has 28 heavy (non-hydrogen) atoms. The molecule has 3 aromatic rings. The molecule has 5 heterocycles. The Kier molecular flexibility index (Phi) is 5.87. The number of pyridine rings is 1. The van der Waals surface area contributed by atoms with Crippen molar-refractivity contribution in [3.63, 3.8) is 0 Å². The van der Waals surface area contributed by atoms with Gasteiger partial charge in [-0.15, -0.1) is 0 Å². The molecular weight excluding hydrogens is 359 g/mol. The van der Waals surface area contributed by atoms with Crippen LogP contribution in [0.4, 0.5) is 10.1 Å². The fraction of sp³-hybridized carbons (Fsp3) is 0.500. The van der Waals surface area contributed by atoms with Crippen LogP contribution in [-0.2, 0) is 4.74 Å².